The maximum atomic E-state index is 5.57. The number of hydrogen-bond acceptors (Lipinski definition) is 7. The predicted octanol–water partition coefficient (Wildman–Crippen LogP) is 4.63. The Kier molecular flexibility index (Phi) is 6.40. The Morgan fingerprint density at radius 2 is 1.56 bits per heavy atom. The molecule has 0 saturated carbocycles. The van der Waals surface area contributed by atoms with Gasteiger partial charge in [0.25, 0.3) is 0 Å². The van der Waals surface area contributed by atoms with Crippen molar-refractivity contribution in [3.05, 3.63) is 72.9 Å². The highest BCUT2D eigenvalue weighted by Gasteiger charge is 2.18. The van der Waals surface area contributed by atoms with Crippen LogP contribution >= 0.6 is 0 Å². The molecule has 0 radical (unpaired) electrons. The molecule has 1 aromatic heterocycles. The van der Waals surface area contributed by atoms with Gasteiger partial charge in [-0.2, -0.15) is 0 Å². The van der Waals surface area contributed by atoms with Crippen LogP contribution in [0.15, 0.2) is 72.9 Å². The van der Waals surface area contributed by atoms with Crippen LogP contribution in [0.2, 0.25) is 0 Å². The summed E-state index contributed by atoms with van der Waals surface area (Å²) in [6.07, 6.45) is 1.94. The minimum Gasteiger partial charge on any atom is -0.378 e. The van der Waals surface area contributed by atoms with Crippen LogP contribution in [0, 0.1) is 0 Å². The molecule has 0 aliphatic carbocycles. The minimum absolute atomic E-state index is 0.608. The average molecular weight is 481 g/mol. The van der Waals surface area contributed by atoms with E-state index in [1.54, 1.807) is 0 Å². The SMILES string of the molecule is CN1CCN(c2cccc(Nc3ncc4c(-c5ccccc5N5CCOCC5)cccc4n3)c2)CC1. The van der Waals surface area contributed by atoms with Gasteiger partial charge >= 0.3 is 0 Å². The molecular weight excluding hydrogens is 448 g/mol. The van der Waals surface area contributed by atoms with Gasteiger partial charge in [-0.25, -0.2) is 9.97 Å². The Bertz CT molecular complexity index is 1340. The number of hydrogen-bond donors (Lipinski definition) is 1. The number of morpholine rings is 1. The molecule has 6 rings (SSSR count). The molecule has 3 heterocycles. The van der Waals surface area contributed by atoms with Gasteiger partial charge in [0.15, 0.2) is 0 Å². The summed E-state index contributed by atoms with van der Waals surface area (Å²) in [5.41, 5.74) is 6.75. The van der Waals surface area contributed by atoms with Gasteiger partial charge in [0.1, 0.15) is 0 Å². The topological polar surface area (TPSA) is 56.8 Å². The van der Waals surface area contributed by atoms with Crippen molar-refractivity contribution >= 4 is 33.9 Å². The number of aromatic nitrogens is 2. The number of nitrogens with one attached hydrogen (secondary N) is 1. The molecule has 4 aromatic rings. The third-order valence-electron chi connectivity index (χ3n) is 7.14. The van der Waals surface area contributed by atoms with Crippen molar-refractivity contribution < 1.29 is 4.74 Å². The Balaban J connectivity index is 1.28. The molecule has 0 spiro atoms. The van der Waals surface area contributed by atoms with Crippen molar-refractivity contribution in [1.82, 2.24) is 14.9 Å². The molecule has 2 saturated heterocycles. The number of benzene rings is 3. The minimum atomic E-state index is 0.608. The number of nitrogens with zero attached hydrogens (tertiary/aromatic N) is 5. The van der Waals surface area contributed by atoms with E-state index < -0.39 is 0 Å². The fourth-order valence-electron chi connectivity index (χ4n) is 5.11. The van der Waals surface area contributed by atoms with Crippen LogP contribution in [0.1, 0.15) is 0 Å². The van der Waals surface area contributed by atoms with Crippen molar-refractivity contribution in [3.63, 3.8) is 0 Å². The van der Waals surface area contributed by atoms with E-state index in [1.165, 1.54) is 16.9 Å². The Morgan fingerprint density at radius 3 is 2.42 bits per heavy atom. The molecule has 2 aliphatic heterocycles. The largest absolute Gasteiger partial charge is 0.378 e. The monoisotopic (exact) mass is 480 g/mol. The van der Waals surface area contributed by atoms with Gasteiger partial charge in [0.05, 0.1) is 18.7 Å². The maximum absolute atomic E-state index is 5.57. The van der Waals surface area contributed by atoms with E-state index in [9.17, 15) is 0 Å². The summed E-state index contributed by atoms with van der Waals surface area (Å²) in [7, 11) is 2.18. The van der Waals surface area contributed by atoms with Crippen LogP contribution in [-0.4, -0.2) is 74.4 Å². The molecule has 0 atom stereocenters. The average Bonchev–Trinajstić information content (AvgIpc) is 2.94. The second-order valence-electron chi connectivity index (χ2n) is 9.51. The Hall–Kier alpha value is -3.68. The Labute approximate surface area is 212 Å². The van der Waals surface area contributed by atoms with Gasteiger partial charge in [-0.15, -0.1) is 0 Å². The highest BCUT2D eigenvalue weighted by atomic mass is 16.5. The third-order valence-corrected chi connectivity index (χ3v) is 7.14. The lowest BCUT2D eigenvalue weighted by Crippen LogP contribution is -2.44. The summed E-state index contributed by atoms with van der Waals surface area (Å²) in [5, 5.41) is 4.48. The van der Waals surface area contributed by atoms with Crippen LogP contribution < -0.4 is 15.1 Å². The molecule has 36 heavy (non-hydrogen) atoms. The smallest absolute Gasteiger partial charge is 0.227 e. The standard InChI is InChI=1S/C29H32N6O/c1-33-12-14-34(15-13-33)23-7-4-6-22(20-23)31-29-30-21-26-24(9-5-10-27(26)32-29)25-8-2-3-11-28(25)35-16-18-36-19-17-35/h2-11,20-21H,12-19H2,1H3,(H,30,31,32). The van der Waals surface area contributed by atoms with Gasteiger partial charge in [0, 0.05) is 73.5 Å². The molecule has 2 aliphatic rings. The number of likely N-dealkylation sites (N-methyl/N-ethyl adjacent to an activating group) is 1. The van der Waals surface area contributed by atoms with Gasteiger partial charge in [-0.1, -0.05) is 36.4 Å². The molecule has 3 aromatic carbocycles. The van der Waals surface area contributed by atoms with Gasteiger partial charge in [-0.05, 0) is 42.9 Å². The van der Waals surface area contributed by atoms with Crippen LogP contribution in [0.4, 0.5) is 23.0 Å². The number of ether oxygens (including phenoxy) is 1. The number of anilines is 4. The van der Waals surface area contributed by atoms with E-state index in [-0.39, 0.29) is 0 Å². The summed E-state index contributed by atoms with van der Waals surface area (Å²) in [6, 6.07) is 23.4. The zero-order valence-electron chi connectivity index (χ0n) is 20.7. The zero-order chi connectivity index (χ0) is 24.3. The lowest BCUT2D eigenvalue weighted by Gasteiger charge is -2.34. The maximum Gasteiger partial charge on any atom is 0.227 e. The molecule has 0 unspecified atom stereocenters. The second kappa shape index (κ2) is 10.1. The van der Waals surface area contributed by atoms with E-state index in [4.69, 9.17) is 14.7 Å². The molecule has 0 bridgehead atoms. The number of piperazine rings is 1. The first-order valence-corrected chi connectivity index (χ1v) is 12.7. The van der Waals surface area contributed by atoms with E-state index in [0.717, 1.165) is 74.6 Å². The van der Waals surface area contributed by atoms with E-state index in [0.29, 0.717) is 5.95 Å². The molecule has 7 nitrogen and oxygen atoms in total. The van der Waals surface area contributed by atoms with Crippen molar-refractivity contribution in [1.29, 1.82) is 0 Å². The van der Waals surface area contributed by atoms with Gasteiger partial charge in [-0.3, -0.25) is 0 Å². The molecule has 1 N–H and O–H groups in total. The number of para-hydroxylation sites is 1. The fraction of sp³-hybridized carbons (Fsp3) is 0.310. The summed E-state index contributed by atoms with van der Waals surface area (Å²) >= 11 is 0. The summed E-state index contributed by atoms with van der Waals surface area (Å²) in [5.74, 6) is 0.608. The van der Waals surface area contributed by atoms with Crippen LogP contribution in [0.3, 0.4) is 0 Å². The summed E-state index contributed by atoms with van der Waals surface area (Å²) in [4.78, 5) is 16.8. The van der Waals surface area contributed by atoms with Gasteiger partial charge < -0.3 is 24.8 Å². The van der Waals surface area contributed by atoms with Crippen molar-refractivity contribution in [2.24, 2.45) is 0 Å². The van der Waals surface area contributed by atoms with Crippen LogP contribution in [-0.2, 0) is 4.74 Å². The molecular formula is C29H32N6O. The van der Waals surface area contributed by atoms with Crippen molar-refractivity contribution in [2.45, 2.75) is 0 Å². The van der Waals surface area contributed by atoms with E-state index >= 15 is 0 Å². The Morgan fingerprint density at radius 1 is 0.778 bits per heavy atom. The second-order valence-corrected chi connectivity index (χ2v) is 9.51. The van der Waals surface area contributed by atoms with Crippen LogP contribution in [0.5, 0.6) is 0 Å². The van der Waals surface area contributed by atoms with E-state index in [2.05, 4.69) is 93.8 Å². The van der Waals surface area contributed by atoms with Crippen molar-refractivity contribution in [2.75, 3.05) is 74.6 Å². The lowest BCUT2D eigenvalue weighted by atomic mass is 9.99. The first-order chi connectivity index (χ1) is 17.7. The fourth-order valence-corrected chi connectivity index (χ4v) is 5.11. The zero-order valence-corrected chi connectivity index (χ0v) is 20.7. The van der Waals surface area contributed by atoms with Crippen molar-refractivity contribution in [3.8, 4) is 11.1 Å². The normalized spacial score (nSPS) is 16.9. The number of rotatable bonds is 5. The van der Waals surface area contributed by atoms with Crippen LogP contribution in [0.25, 0.3) is 22.0 Å². The molecule has 184 valence electrons. The highest BCUT2D eigenvalue weighted by Crippen LogP contribution is 2.35. The van der Waals surface area contributed by atoms with Gasteiger partial charge in [0.2, 0.25) is 5.95 Å². The molecule has 0 amide bonds. The summed E-state index contributed by atoms with van der Waals surface area (Å²) in [6.45, 7) is 7.59. The lowest BCUT2D eigenvalue weighted by molar-refractivity contribution is 0.123. The quantitative estimate of drug-likeness (QED) is 0.447. The number of fused-ring (bicyclic) bond motifs is 1. The molecule has 2 fully saturated rings. The predicted molar refractivity (Wildman–Crippen MR) is 147 cm³/mol. The summed E-state index contributed by atoms with van der Waals surface area (Å²) < 4.78 is 5.57. The third kappa shape index (κ3) is 4.72. The highest BCUT2D eigenvalue weighted by molar-refractivity contribution is 5.98. The first-order valence-electron chi connectivity index (χ1n) is 12.7. The first kappa shape index (κ1) is 22.8. The van der Waals surface area contributed by atoms with E-state index in [1.807, 2.05) is 6.20 Å². The molecule has 7 heteroatoms.